The van der Waals surface area contributed by atoms with Crippen molar-refractivity contribution in [3.05, 3.63) is 29.8 Å². The summed E-state index contributed by atoms with van der Waals surface area (Å²) in [6.45, 7) is 2.35. The van der Waals surface area contributed by atoms with E-state index in [1.165, 1.54) is 44.1 Å². The molecule has 0 bridgehead atoms. The molecular formula is C18H28N2O3. The fourth-order valence-corrected chi connectivity index (χ4v) is 2.32. The first-order valence-electron chi connectivity index (χ1n) is 8.47. The first-order chi connectivity index (χ1) is 11.1. The van der Waals surface area contributed by atoms with Gasteiger partial charge in [0.1, 0.15) is 0 Å². The Balaban J connectivity index is 2.22. The molecule has 0 unspecified atom stereocenters. The first kappa shape index (κ1) is 19.0. The molecule has 0 aromatic heterocycles. The predicted octanol–water partition coefficient (Wildman–Crippen LogP) is 4.19. The molecule has 0 aliphatic rings. The number of rotatable bonds is 11. The van der Waals surface area contributed by atoms with Crippen LogP contribution in [0.15, 0.2) is 24.3 Å². The summed E-state index contributed by atoms with van der Waals surface area (Å²) in [5, 5.41) is 13.7. The Morgan fingerprint density at radius 2 is 1.65 bits per heavy atom. The maximum atomic E-state index is 11.6. The molecule has 0 aliphatic heterocycles. The molecule has 5 heteroatoms. The van der Waals surface area contributed by atoms with Gasteiger partial charge in [0, 0.05) is 12.2 Å². The van der Waals surface area contributed by atoms with Crippen molar-refractivity contribution in [1.29, 1.82) is 0 Å². The van der Waals surface area contributed by atoms with E-state index in [0.29, 0.717) is 5.69 Å². The van der Waals surface area contributed by atoms with Crippen LogP contribution in [0.3, 0.4) is 0 Å². The molecular weight excluding hydrogens is 292 g/mol. The maximum absolute atomic E-state index is 11.6. The lowest BCUT2D eigenvalue weighted by Crippen LogP contribution is -2.30. The van der Waals surface area contributed by atoms with E-state index in [4.69, 9.17) is 5.11 Å². The summed E-state index contributed by atoms with van der Waals surface area (Å²) >= 11 is 0. The van der Waals surface area contributed by atoms with Crippen LogP contribution in [0.25, 0.3) is 0 Å². The number of hydrogen-bond acceptors (Lipinski definition) is 2. The number of aliphatic carboxylic acids is 1. The number of carboxylic acid groups (broad SMARTS) is 1. The highest BCUT2D eigenvalue weighted by molar-refractivity contribution is 5.89. The SMILES string of the molecule is CCCCCCCCc1ccc(NC(=O)NCCC(=O)O)cc1. The van der Waals surface area contributed by atoms with Gasteiger partial charge in [-0.15, -0.1) is 0 Å². The van der Waals surface area contributed by atoms with Gasteiger partial charge in [-0.3, -0.25) is 4.79 Å². The van der Waals surface area contributed by atoms with Crippen molar-refractivity contribution in [3.8, 4) is 0 Å². The van der Waals surface area contributed by atoms with E-state index in [2.05, 4.69) is 17.6 Å². The molecule has 3 N–H and O–H groups in total. The van der Waals surface area contributed by atoms with E-state index < -0.39 is 5.97 Å². The number of carboxylic acids is 1. The summed E-state index contributed by atoms with van der Waals surface area (Å²) in [6.07, 6.45) is 8.70. The van der Waals surface area contributed by atoms with Crippen molar-refractivity contribution >= 4 is 17.7 Å². The van der Waals surface area contributed by atoms with Gasteiger partial charge >= 0.3 is 12.0 Å². The minimum Gasteiger partial charge on any atom is -0.481 e. The standard InChI is InChI=1S/C18H28N2O3/c1-2-3-4-5-6-7-8-15-9-11-16(12-10-15)20-18(23)19-14-13-17(21)22/h9-12H,2-8,13-14H2,1H3,(H,21,22)(H2,19,20,23). The Bertz CT molecular complexity index is 472. The summed E-state index contributed by atoms with van der Waals surface area (Å²) in [5.74, 6) is -0.927. The number of hydrogen-bond donors (Lipinski definition) is 3. The monoisotopic (exact) mass is 320 g/mol. The van der Waals surface area contributed by atoms with Crippen molar-refractivity contribution in [2.45, 2.75) is 58.3 Å². The average Bonchev–Trinajstić information content (AvgIpc) is 2.52. The second-order valence-corrected chi connectivity index (χ2v) is 5.74. The summed E-state index contributed by atoms with van der Waals surface area (Å²) in [5.41, 5.74) is 1.99. The average molecular weight is 320 g/mol. The molecule has 0 fully saturated rings. The molecule has 0 radical (unpaired) electrons. The van der Waals surface area contributed by atoms with Gasteiger partial charge in [-0.05, 0) is 30.5 Å². The van der Waals surface area contributed by atoms with Crippen LogP contribution >= 0.6 is 0 Å². The highest BCUT2D eigenvalue weighted by atomic mass is 16.4. The normalized spacial score (nSPS) is 10.3. The van der Waals surface area contributed by atoms with Gasteiger partial charge in [0.2, 0.25) is 0 Å². The number of nitrogens with one attached hydrogen (secondary N) is 2. The molecule has 0 saturated heterocycles. The highest BCUT2D eigenvalue weighted by Crippen LogP contribution is 2.13. The Kier molecular flexibility index (Phi) is 9.52. The number of carbonyl (C=O) groups excluding carboxylic acids is 1. The zero-order valence-corrected chi connectivity index (χ0v) is 13.9. The van der Waals surface area contributed by atoms with E-state index in [1.54, 1.807) is 0 Å². The lowest BCUT2D eigenvalue weighted by Gasteiger charge is -2.08. The van der Waals surface area contributed by atoms with Crippen molar-refractivity contribution in [1.82, 2.24) is 5.32 Å². The van der Waals surface area contributed by atoms with Crippen LogP contribution < -0.4 is 10.6 Å². The van der Waals surface area contributed by atoms with Crippen molar-refractivity contribution in [2.75, 3.05) is 11.9 Å². The molecule has 5 nitrogen and oxygen atoms in total. The Hall–Kier alpha value is -2.04. The van der Waals surface area contributed by atoms with Gasteiger partial charge in [-0.25, -0.2) is 4.79 Å². The van der Waals surface area contributed by atoms with Crippen LogP contribution in [0.4, 0.5) is 10.5 Å². The summed E-state index contributed by atoms with van der Waals surface area (Å²) in [7, 11) is 0. The van der Waals surface area contributed by atoms with Crippen LogP contribution in [0.2, 0.25) is 0 Å². The molecule has 2 amide bonds. The van der Waals surface area contributed by atoms with Crippen LogP contribution in [-0.2, 0) is 11.2 Å². The molecule has 1 aromatic rings. The van der Waals surface area contributed by atoms with E-state index in [0.717, 1.165) is 6.42 Å². The van der Waals surface area contributed by atoms with Crippen molar-refractivity contribution in [2.24, 2.45) is 0 Å². The van der Waals surface area contributed by atoms with E-state index >= 15 is 0 Å². The minimum absolute atomic E-state index is 0.0788. The molecule has 1 aromatic carbocycles. The van der Waals surface area contributed by atoms with Gasteiger partial charge < -0.3 is 15.7 Å². The maximum Gasteiger partial charge on any atom is 0.319 e. The highest BCUT2D eigenvalue weighted by Gasteiger charge is 2.03. The van der Waals surface area contributed by atoms with Gasteiger partial charge in [-0.1, -0.05) is 51.2 Å². The van der Waals surface area contributed by atoms with Crippen LogP contribution in [0, 0.1) is 0 Å². The number of anilines is 1. The Labute approximate surface area is 138 Å². The first-order valence-corrected chi connectivity index (χ1v) is 8.47. The van der Waals surface area contributed by atoms with Crippen molar-refractivity contribution in [3.63, 3.8) is 0 Å². The van der Waals surface area contributed by atoms with E-state index in [1.807, 2.05) is 24.3 Å². The third-order valence-electron chi connectivity index (χ3n) is 3.66. The third-order valence-corrected chi connectivity index (χ3v) is 3.66. The number of urea groups is 1. The zero-order chi connectivity index (χ0) is 16.9. The minimum atomic E-state index is -0.927. The number of carbonyl (C=O) groups is 2. The fourth-order valence-electron chi connectivity index (χ4n) is 2.32. The predicted molar refractivity (Wildman–Crippen MR) is 92.8 cm³/mol. The molecule has 1 rings (SSSR count). The van der Waals surface area contributed by atoms with Gasteiger partial charge in [0.25, 0.3) is 0 Å². The second kappa shape index (κ2) is 11.5. The number of aryl methyl sites for hydroxylation is 1. The lowest BCUT2D eigenvalue weighted by molar-refractivity contribution is -0.136. The third kappa shape index (κ3) is 9.55. The number of unbranched alkanes of at least 4 members (excludes halogenated alkanes) is 5. The fraction of sp³-hybridized carbons (Fsp3) is 0.556. The second-order valence-electron chi connectivity index (χ2n) is 5.74. The molecule has 23 heavy (non-hydrogen) atoms. The molecule has 0 spiro atoms. The largest absolute Gasteiger partial charge is 0.481 e. The molecule has 0 aliphatic carbocycles. The molecule has 0 heterocycles. The van der Waals surface area contributed by atoms with Crippen LogP contribution in [0.5, 0.6) is 0 Å². The van der Waals surface area contributed by atoms with Gasteiger partial charge in [-0.2, -0.15) is 0 Å². The summed E-state index contributed by atoms with van der Waals surface area (Å²) in [6, 6.07) is 7.43. The van der Waals surface area contributed by atoms with E-state index in [-0.39, 0.29) is 19.0 Å². The van der Waals surface area contributed by atoms with Gasteiger partial charge in [0.15, 0.2) is 0 Å². The van der Waals surface area contributed by atoms with Gasteiger partial charge in [0.05, 0.1) is 6.42 Å². The Morgan fingerprint density at radius 3 is 2.30 bits per heavy atom. The molecule has 128 valence electrons. The smallest absolute Gasteiger partial charge is 0.319 e. The number of benzene rings is 1. The topological polar surface area (TPSA) is 78.4 Å². The molecule has 0 saturated carbocycles. The van der Waals surface area contributed by atoms with Crippen molar-refractivity contribution < 1.29 is 14.7 Å². The molecule has 0 atom stereocenters. The van der Waals surface area contributed by atoms with Crippen LogP contribution in [0.1, 0.15) is 57.4 Å². The summed E-state index contributed by atoms with van der Waals surface area (Å²) < 4.78 is 0. The quantitative estimate of drug-likeness (QED) is 0.535. The summed E-state index contributed by atoms with van der Waals surface area (Å²) in [4.78, 5) is 21.9. The lowest BCUT2D eigenvalue weighted by atomic mass is 10.0. The van der Waals surface area contributed by atoms with E-state index in [9.17, 15) is 9.59 Å². The van der Waals surface area contributed by atoms with Crippen LogP contribution in [-0.4, -0.2) is 23.7 Å². The zero-order valence-electron chi connectivity index (χ0n) is 13.9. The Morgan fingerprint density at radius 1 is 1.00 bits per heavy atom. The number of amides is 2.